The molecule has 0 aliphatic rings. The van der Waals surface area contributed by atoms with Crippen molar-refractivity contribution < 1.29 is 4.79 Å². The zero-order valence-electron chi connectivity index (χ0n) is 8.27. The number of aromatic amines is 1. The fourth-order valence-corrected chi connectivity index (χ4v) is 1.22. The van der Waals surface area contributed by atoms with Gasteiger partial charge in [-0.25, -0.2) is 0 Å². The topological polar surface area (TPSA) is 81.6 Å². The van der Waals surface area contributed by atoms with Crippen molar-refractivity contribution in [3.05, 3.63) is 47.7 Å². The number of H-pyrrole nitrogens is 1. The van der Waals surface area contributed by atoms with E-state index in [2.05, 4.69) is 15.5 Å². The van der Waals surface area contributed by atoms with E-state index in [1.165, 1.54) is 0 Å². The molecule has 0 saturated carbocycles. The molecule has 0 bridgehead atoms. The minimum Gasteiger partial charge on any atom is -0.307 e. The zero-order valence-corrected chi connectivity index (χ0v) is 8.27. The molecule has 0 saturated heterocycles. The number of benzene rings is 1. The van der Waals surface area contributed by atoms with Crippen molar-refractivity contribution >= 4 is 11.7 Å². The molecule has 0 spiro atoms. The van der Waals surface area contributed by atoms with Crippen LogP contribution in [0.1, 0.15) is 15.9 Å². The summed E-state index contributed by atoms with van der Waals surface area (Å²) in [6, 6.07) is 10.0. The molecule has 78 valence electrons. The van der Waals surface area contributed by atoms with Gasteiger partial charge in [0, 0.05) is 11.6 Å². The molecule has 2 N–H and O–H groups in total. The smallest absolute Gasteiger partial charge is 0.256 e. The van der Waals surface area contributed by atoms with Gasteiger partial charge in [0.25, 0.3) is 5.91 Å². The summed E-state index contributed by atoms with van der Waals surface area (Å²) in [5.41, 5.74) is 1.02. The van der Waals surface area contributed by atoms with Crippen molar-refractivity contribution in [1.82, 2.24) is 10.2 Å². The van der Waals surface area contributed by atoms with Crippen LogP contribution in [0.15, 0.2) is 36.5 Å². The fraction of sp³-hybridized carbons (Fsp3) is 0. The number of carbonyl (C=O) groups is 1. The van der Waals surface area contributed by atoms with Crippen molar-refractivity contribution in [2.24, 2.45) is 0 Å². The molecule has 0 radical (unpaired) electrons. The van der Waals surface area contributed by atoms with Crippen molar-refractivity contribution in [1.29, 1.82) is 5.26 Å². The molecule has 1 aromatic heterocycles. The Morgan fingerprint density at radius 1 is 1.31 bits per heavy atom. The summed E-state index contributed by atoms with van der Waals surface area (Å²) in [5.74, 6) is 0.295. The van der Waals surface area contributed by atoms with E-state index in [0.717, 1.165) is 0 Å². The molecule has 16 heavy (non-hydrogen) atoms. The first-order valence-electron chi connectivity index (χ1n) is 4.60. The van der Waals surface area contributed by atoms with Crippen LogP contribution in [-0.4, -0.2) is 16.1 Å². The minimum atomic E-state index is -0.242. The van der Waals surface area contributed by atoms with Gasteiger partial charge >= 0.3 is 0 Å². The number of hydrogen-bond donors (Lipinski definition) is 2. The Morgan fingerprint density at radius 3 is 2.62 bits per heavy atom. The van der Waals surface area contributed by atoms with E-state index in [1.54, 1.807) is 36.5 Å². The maximum atomic E-state index is 11.7. The lowest BCUT2D eigenvalue weighted by molar-refractivity contribution is 0.102. The molecule has 0 atom stereocenters. The first kappa shape index (κ1) is 9.93. The molecule has 5 nitrogen and oxygen atoms in total. The van der Waals surface area contributed by atoms with Gasteiger partial charge in [-0.15, -0.1) is 0 Å². The van der Waals surface area contributed by atoms with Gasteiger partial charge in [-0.2, -0.15) is 10.4 Å². The lowest BCUT2D eigenvalue weighted by atomic mass is 10.1. The average Bonchev–Trinajstić information content (AvgIpc) is 2.82. The van der Waals surface area contributed by atoms with Gasteiger partial charge in [0.15, 0.2) is 0 Å². The van der Waals surface area contributed by atoms with Crippen LogP contribution in [-0.2, 0) is 0 Å². The molecule has 0 aliphatic carbocycles. The summed E-state index contributed by atoms with van der Waals surface area (Å²) in [6.45, 7) is 0. The summed E-state index contributed by atoms with van der Waals surface area (Å²) < 4.78 is 0. The predicted molar refractivity (Wildman–Crippen MR) is 57.7 cm³/mol. The second-order valence-corrected chi connectivity index (χ2v) is 3.11. The number of carbonyl (C=O) groups excluding carboxylic acids is 1. The fourth-order valence-electron chi connectivity index (χ4n) is 1.22. The zero-order chi connectivity index (χ0) is 11.4. The van der Waals surface area contributed by atoms with Gasteiger partial charge in [0.1, 0.15) is 5.82 Å². The number of nitrogens with one attached hydrogen (secondary N) is 2. The van der Waals surface area contributed by atoms with Gasteiger partial charge in [0.05, 0.1) is 17.8 Å². The van der Waals surface area contributed by atoms with Crippen LogP contribution in [0.4, 0.5) is 5.82 Å². The third-order valence-corrected chi connectivity index (χ3v) is 2.03. The first-order chi connectivity index (χ1) is 7.79. The van der Waals surface area contributed by atoms with Crippen LogP contribution < -0.4 is 5.32 Å². The van der Waals surface area contributed by atoms with E-state index in [9.17, 15) is 4.79 Å². The monoisotopic (exact) mass is 212 g/mol. The molecular formula is C11H8N4O. The highest BCUT2D eigenvalue weighted by Crippen LogP contribution is 2.06. The lowest BCUT2D eigenvalue weighted by Crippen LogP contribution is -2.11. The highest BCUT2D eigenvalue weighted by molar-refractivity contribution is 6.03. The molecule has 0 unspecified atom stereocenters. The molecule has 0 aliphatic heterocycles. The van der Waals surface area contributed by atoms with Crippen LogP contribution in [0.25, 0.3) is 0 Å². The van der Waals surface area contributed by atoms with E-state index in [0.29, 0.717) is 16.9 Å². The van der Waals surface area contributed by atoms with E-state index < -0.39 is 0 Å². The highest BCUT2D eigenvalue weighted by Gasteiger charge is 2.05. The summed E-state index contributed by atoms with van der Waals surface area (Å²) in [7, 11) is 0. The number of aromatic nitrogens is 2. The number of anilines is 1. The van der Waals surface area contributed by atoms with Gasteiger partial charge in [-0.1, -0.05) is 0 Å². The summed E-state index contributed by atoms with van der Waals surface area (Å²) >= 11 is 0. The van der Waals surface area contributed by atoms with E-state index >= 15 is 0 Å². The second-order valence-electron chi connectivity index (χ2n) is 3.11. The lowest BCUT2D eigenvalue weighted by Gasteiger charge is -2.01. The van der Waals surface area contributed by atoms with Crippen LogP contribution in [0, 0.1) is 11.3 Å². The summed E-state index contributed by atoms with van der Waals surface area (Å²) in [6.07, 6.45) is 1.55. The highest BCUT2D eigenvalue weighted by atomic mass is 16.1. The maximum absolute atomic E-state index is 11.7. The number of amides is 1. The van der Waals surface area contributed by atoms with E-state index in [1.807, 2.05) is 6.07 Å². The number of nitriles is 1. The number of rotatable bonds is 2. The Bertz CT molecular complexity index is 522. The predicted octanol–water partition coefficient (Wildman–Crippen LogP) is 1.53. The van der Waals surface area contributed by atoms with Crippen molar-refractivity contribution in [2.75, 3.05) is 5.32 Å². The number of nitrogens with zero attached hydrogens (tertiary/aromatic N) is 2. The van der Waals surface area contributed by atoms with Gasteiger partial charge in [0.2, 0.25) is 0 Å². The second kappa shape index (κ2) is 4.28. The van der Waals surface area contributed by atoms with Crippen molar-refractivity contribution in [2.45, 2.75) is 0 Å². The average molecular weight is 212 g/mol. The minimum absolute atomic E-state index is 0.242. The molecule has 2 rings (SSSR count). The van der Waals surface area contributed by atoms with E-state index in [-0.39, 0.29) is 5.91 Å². The van der Waals surface area contributed by atoms with Crippen molar-refractivity contribution in [3.8, 4) is 6.07 Å². The Hall–Kier alpha value is -2.61. The SMILES string of the molecule is N#Cc1ccc(C(=O)Nc2ccn[nH]2)cc1. The Morgan fingerprint density at radius 2 is 2.06 bits per heavy atom. The summed E-state index contributed by atoms with van der Waals surface area (Å²) in [5, 5.41) is 17.6. The quantitative estimate of drug-likeness (QED) is 0.792. The Balaban J connectivity index is 2.12. The van der Waals surface area contributed by atoms with Crippen LogP contribution in [0.2, 0.25) is 0 Å². The van der Waals surface area contributed by atoms with Crippen molar-refractivity contribution in [3.63, 3.8) is 0 Å². The van der Waals surface area contributed by atoms with Gasteiger partial charge in [-0.05, 0) is 24.3 Å². The summed E-state index contributed by atoms with van der Waals surface area (Å²) in [4.78, 5) is 11.7. The van der Waals surface area contributed by atoms with Crippen LogP contribution >= 0.6 is 0 Å². The number of hydrogen-bond acceptors (Lipinski definition) is 3. The van der Waals surface area contributed by atoms with E-state index in [4.69, 9.17) is 5.26 Å². The molecule has 1 heterocycles. The largest absolute Gasteiger partial charge is 0.307 e. The standard InChI is InChI=1S/C11H8N4O/c12-7-8-1-3-9(4-2-8)11(16)14-10-5-6-13-15-10/h1-6H,(H2,13,14,15,16). The molecule has 2 aromatic rings. The molecule has 1 aromatic carbocycles. The van der Waals surface area contributed by atoms with Gasteiger partial charge < -0.3 is 5.32 Å². The van der Waals surface area contributed by atoms with Crippen LogP contribution in [0.3, 0.4) is 0 Å². The maximum Gasteiger partial charge on any atom is 0.256 e. The molecular weight excluding hydrogens is 204 g/mol. The van der Waals surface area contributed by atoms with Crippen LogP contribution in [0.5, 0.6) is 0 Å². The van der Waals surface area contributed by atoms with Gasteiger partial charge in [-0.3, -0.25) is 9.89 Å². The molecule has 0 fully saturated rings. The molecule has 5 heteroatoms. The normalized spacial score (nSPS) is 9.44. The Labute approximate surface area is 91.7 Å². The first-order valence-corrected chi connectivity index (χ1v) is 4.60. The molecule has 1 amide bonds. The third kappa shape index (κ3) is 2.07. The Kier molecular flexibility index (Phi) is 2.65. The third-order valence-electron chi connectivity index (χ3n) is 2.03.